The van der Waals surface area contributed by atoms with Crippen LogP contribution in [0.25, 0.3) is 0 Å². The van der Waals surface area contributed by atoms with Crippen molar-refractivity contribution in [3.63, 3.8) is 0 Å². The maximum atomic E-state index is 12.0. The standard InChI is InChI=1S/C14H18N2O3/c1-9(10-3-2-4-12(17)7-10)16-14(19)11-5-6-13(18)15-8-11/h2-4,7,9,11,17H,5-6,8H2,1H3,(H,15,18)(H,16,19). The van der Waals surface area contributed by atoms with Crippen LogP contribution >= 0.6 is 0 Å². The van der Waals surface area contributed by atoms with Gasteiger partial charge in [0.1, 0.15) is 5.75 Å². The molecule has 1 heterocycles. The van der Waals surface area contributed by atoms with Crippen LogP contribution in [0, 0.1) is 5.92 Å². The minimum absolute atomic E-state index is 0.00470. The Kier molecular flexibility index (Phi) is 4.04. The molecule has 1 saturated heterocycles. The molecular weight excluding hydrogens is 244 g/mol. The first-order valence-electron chi connectivity index (χ1n) is 6.42. The zero-order chi connectivity index (χ0) is 13.8. The fourth-order valence-corrected chi connectivity index (χ4v) is 2.17. The average Bonchev–Trinajstić information content (AvgIpc) is 2.39. The predicted octanol–water partition coefficient (Wildman–Crippen LogP) is 1.10. The van der Waals surface area contributed by atoms with Crippen LogP contribution in [0.3, 0.4) is 0 Å². The number of piperidine rings is 1. The Morgan fingerprint density at radius 3 is 2.95 bits per heavy atom. The molecule has 1 fully saturated rings. The number of phenols is 1. The zero-order valence-electron chi connectivity index (χ0n) is 10.8. The number of benzene rings is 1. The number of carbonyl (C=O) groups excluding carboxylic acids is 2. The van der Waals surface area contributed by atoms with Gasteiger partial charge in [0.15, 0.2) is 0 Å². The molecule has 102 valence electrons. The van der Waals surface area contributed by atoms with E-state index in [0.717, 1.165) is 5.56 Å². The van der Waals surface area contributed by atoms with Crippen LogP contribution < -0.4 is 10.6 Å². The SMILES string of the molecule is CC(NC(=O)C1CCC(=O)NC1)c1cccc(O)c1. The van der Waals surface area contributed by atoms with Gasteiger partial charge in [-0.25, -0.2) is 0 Å². The van der Waals surface area contributed by atoms with E-state index in [9.17, 15) is 14.7 Å². The van der Waals surface area contributed by atoms with Crippen LogP contribution in [0.15, 0.2) is 24.3 Å². The van der Waals surface area contributed by atoms with Crippen molar-refractivity contribution in [3.05, 3.63) is 29.8 Å². The Labute approximate surface area is 112 Å². The molecule has 0 aromatic heterocycles. The van der Waals surface area contributed by atoms with Crippen molar-refractivity contribution < 1.29 is 14.7 Å². The van der Waals surface area contributed by atoms with Gasteiger partial charge in [0.25, 0.3) is 0 Å². The molecule has 0 radical (unpaired) electrons. The second-order valence-electron chi connectivity index (χ2n) is 4.86. The Morgan fingerprint density at radius 1 is 1.53 bits per heavy atom. The van der Waals surface area contributed by atoms with Crippen molar-refractivity contribution in [2.45, 2.75) is 25.8 Å². The van der Waals surface area contributed by atoms with E-state index in [0.29, 0.717) is 19.4 Å². The van der Waals surface area contributed by atoms with E-state index in [-0.39, 0.29) is 29.5 Å². The van der Waals surface area contributed by atoms with Crippen molar-refractivity contribution in [2.75, 3.05) is 6.54 Å². The van der Waals surface area contributed by atoms with E-state index in [4.69, 9.17) is 0 Å². The number of nitrogens with one attached hydrogen (secondary N) is 2. The molecule has 1 aromatic rings. The minimum Gasteiger partial charge on any atom is -0.508 e. The highest BCUT2D eigenvalue weighted by Crippen LogP contribution is 2.19. The summed E-state index contributed by atoms with van der Waals surface area (Å²) in [4.78, 5) is 23.1. The molecule has 0 bridgehead atoms. The number of rotatable bonds is 3. The third-order valence-corrected chi connectivity index (χ3v) is 3.37. The lowest BCUT2D eigenvalue weighted by atomic mass is 9.97. The molecule has 1 aliphatic rings. The maximum absolute atomic E-state index is 12.0. The number of aromatic hydroxyl groups is 1. The Balaban J connectivity index is 1.93. The highest BCUT2D eigenvalue weighted by molar-refractivity contribution is 5.83. The highest BCUT2D eigenvalue weighted by atomic mass is 16.3. The van der Waals surface area contributed by atoms with Crippen LogP contribution in [-0.4, -0.2) is 23.5 Å². The molecule has 19 heavy (non-hydrogen) atoms. The molecule has 0 spiro atoms. The summed E-state index contributed by atoms with van der Waals surface area (Å²) in [6, 6.07) is 6.65. The molecule has 2 rings (SSSR count). The predicted molar refractivity (Wildman–Crippen MR) is 70.4 cm³/mol. The lowest BCUT2D eigenvalue weighted by molar-refractivity contribution is -0.129. The van der Waals surface area contributed by atoms with Gasteiger partial charge in [0.2, 0.25) is 11.8 Å². The van der Waals surface area contributed by atoms with Gasteiger partial charge in [-0.1, -0.05) is 12.1 Å². The summed E-state index contributed by atoms with van der Waals surface area (Å²) >= 11 is 0. The van der Waals surface area contributed by atoms with Gasteiger partial charge in [0.05, 0.1) is 12.0 Å². The second kappa shape index (κ2) is 5.73. The largest absolute Gasteiger partial charge is 0.508 e. The van der Waals surface area contributed by atoms with Crippen molar-refractivity contribution in [2.24, 2.45) is 5.92 Å². The molecular formula is C14H18N2O3. The number of hydrogen-bond acceptors (Lipinski definition) is 3. The van der Waals surface area contributed by atoms with Crippen LogP contribution in [0.1, 0.15) is 31.4 Å². The Hall–Kier alpha value is -2.04. The summed E-state index contributed by atoms with van der Waals surface area (Å²) in [5, 5.41) is 15.0. The first-order chi connectivity index (χ1) is 9.06. The van der Waals surface area contributed by atoms with Gasteiger partial charge in [-0.3, -0.25) is 9.59 Å². The molecule has 2 unspecified atom stereocenters. The highest BCUT2D eigenvalue weighted by Gasteiger charge is 2.25. The van der Waals surface area contributed by atoms with Gasteiger partial charge in [0, 0.05) is 13.0 Å². The van der Waals surface area contributed by atoms with Gasteiger partial charge in [-0.2, -0.15) is 0 Å². The van der Waals surface area contributed by atoms with Crippen LogP contribution in [-0.2, 0) is 9.59 Å². The number of phenolic OH excluding ortho intramolecular Hbond substituents is 1. The van der Waals surface area contributed by atoms with Crippen molar-refractivity contribution in [1.82, 2.24) is 10.6 Å². The molecule has 2 amide bonds. The van der Waals surface area contributed by atoms with Crippen LogP contribution in [0.2, 0.25) is 0 Å². The van der Waals surface area contributed by atoms with E-state index in [1.54, 1.807) is 18.2 Å². The molecule has 3 N–H and O–H groups in total. The van der Waals surface area contributed by atoms with Gasteiger partial charge >= 0.3 is 0 Å². The van der Waals surface area contributed by atoms with Crippen molar-refractivity contribution >= 4 is 11.8 Å². The van der Waals surface area contributed by atoms with Gasteiger partial charge in [-0.15, -0.1) is 0 Å². The van der Waals surface area contributed by atoms with E-state index in [2.05, 4.69) is 10.6 Å². The molecule has 5 nitrogen and oxygen atoms in total. The lowest BCUT2D eigenvalue weighted by Crippen LogP contribution is -2.43. The summed E-state index contributed by atoms with van der Waals surface area (Å²) in [5.41, 5.74) is 0.855. The van der Waals surface area contributed by atoms with E-state index >= 15 is 0 Å². The third kappa shape index (κ3) is 3.47. The first-order valence-corrected chi connectivity index (χ1v) is 6.42. The summed E-state index contributed by atoms with van der Waals surface area (Å²) in [7, 11) is 0. The van der Waals surface area contributed by atoms with Crippen LogP contribution in [0.5, 0.6) is 5.75 Å². The van der Waals surface area contributed by atoms with Crippen molar-refractivity contribution in [1.29, 1.82) is 0 Å². The second-order valence-corrected chi connectivity index (χ2v) is 4.86. The third-order valence-electron chi connectivity index (χ3n) is 3.37. The lowest BCUT2D eigenvalue weighted by Gasteiger charge is -2.24. The molecule has 1 aliphatic heterocycles. The number of carbonyl (C=O) groups is 2. The maximum Gasteiger partial charge on any atom is 0.225 e. The molecule has 0 aliphatic carbocycles. The van der Waals surface area contributed by atoms with Gasteiger partial charge in [-0.05, 0) is 31.0 Å². The van der Waals surface area contributed by atoms with Crippen LogP contribution in [0.4, 0.5) is 0 Å². The van der Waals surface area contributed by atoms with Crippen molar-refractivity contribution in [3.8, 4) is 5.75 Å². The minimum atomic E-state index is -0.169. The monoisotopic (exact) mass is 262 g/mol. The summed E-state index contributed by atoms with van der Waals surface area (Å²) in [6.07, 6.45) is 0.989. The topological polar surface area (TPSA) is 78.4 Å². The molecule has 2 atom stereocenters. The fraction of sp³-hybridized carbons (Fsp3) is 0.429. The molecule has 5 heteroatoms. The molecule has 1 aromatic carbocycles. The summed E-state index contributed by atoms with van der Waals surface area (Å²) in [5.74, 6) is -0.0399. The zero-order valence-corrected chi connectivity index (χ0v) is 10.8. The molecule has 0 saturated carbocycles. The smallest absolute Gasteiger partial charge is 0.225 e. The quantitative estimate of drug-likeness (QED) is 0.763. The number of hydrogen-bond donors (Lipinski definition) is 3. The Bertz CT molecular complexity index is 477. The van der Waals surface area contributed by atoms with E-state index < -0.39 is 0 Å². The number of amides is 2. The normalized spacial score (nSPS) is 20.5. The first kappa shape index (κ1) is 13.4. The summed E-state index contributed by atoms with van der Waals surface area (Å²) < 4.78 is 0. The average molecular weight is 262 g/mol. The summed E-state index contributed by atoms with van der Waals surface area (Å²) in [6.45, 7) is 2.27. The van der Waals surface area contributed by atoms with E-state index in [1.165, 1.54) is 0 Å². The van der Waals surface area contributed by atoms with Gasteiger partial charge < -0.3 is 15.7 Å². The van der Waals surface area contributed by atoms with E-state index in [1.807, 2.05) is 13.0 Å². The Morgan fingerprint density at radius 2 is 2.32 bits per heavy atom. The fourth-order valence-electron chi connectivity index (χ4n) is 2.17.